The molecule has 0 atom stereocenters. The number of rotatable bonds is 1. The zero-order chi connectivity index (χ0) is 11.0. The highest BCUT2D eigenvalue weighted by Gasteiger charge is 2.07. The normalized spacial score (nSPS) is 10.6. The van der Waals surface area contributed by atoms with Crippen LogP contribution in [0.15, 0.2) is 24.4 Å². The van der Waals surface area contributed by atoms with Gasteiger partial charge in [0.15, 0.2) is 0 Å². The molecule has 0 bridgehead atoms. The Kier molecular flexibility index (Phi) is 2.19. The molecule has 0 spiro atoms. The number of nitrogens with two attached hydrogens (primary N) is 1. The summed E-state index contributed by atoms with van der Waals surface area (Å²) in [4.78, 5) is 0. The van der Waals surface area contributed by atoms with E-state index in [1.807, 2.05) is 19.9 Å². The summed E-state index contributed by atoms with van der Waals surface area (Å²) in [5.74, 6) is 0.132. The second-order valence-corrected chi connectivity index (χ2v) is 3.60. The van der Waals surface area contributed by atoms with E-state index in [0.717, 1.165) is 11.1 Å². The molecular weight excluding hydrogens is 193 g/mol. The van der Waals surface area contributed by atoms with Crippen LogP contribution in [-0.2, 0) is 0 Å². The summed E-state index contributed by atoms with van der Waals surface area (Å²) >= 11 is 0. The van der Waals surface area contributed by atoms with Gasteiger partial charge in [0.1, 0.15) is 17.3 Å². The summed E-state index contributed by atoms with van der Waals surface area (Å²) in [5.41, 5.74) is 7.75. The van der Waals surface area contributed by atoms with Crippen LogP contribution in [0.3, 0.4) is 0 Å². The predicted octanol–water partition coefficient (Wildman–Crippen LogP) is 2.21. The Morgan fingerprint density at radius 3 is 2.60 bits per heavy atom. The number of nitrogens with zero attached hydrogens (tertiary/aromatic N) is 2. The Morgan fingerprint density at radius 1 is 1.33 bits per heavy atom. The van der Waals surface area contributed by atoms with Gasteiger partial charge in [-0.15, -0.1) is 0 Å². The standard InChI is InChI=1S/C11H12FN3/c1-7-3-4-10(9(12)5-7)15-6-8(2)11(13)14-15/h3-6H,1-2H3,(H2,13,14). The fourth-order valence-corrected chi connectivity index (χ4v) is 1.39. The van der Waals surface area contributed by atoms with Crippen LogP contribution in [0.25, 0.3) is 5.69 Å². The lowest BCUT2D eigenvalue weighted by Gasteiger charge is -2.03. The van der Waals surface area contributed by atoms with Crippen LogP contribution in [0.5, 0.6) is 0 Å². The lowest BCUT2D eigenvalue weighted by atomic mass is 10.2. The first kappa shape index (κ1) is 9.71. The molecule has 0 saturated heterocycles. The molecule has 1 aromatic carbocycles. The van der Waals surface area contributed by atoms with E-state index < -0.39 is 0 Å². The number of aryl methyl sites for hydroxylation is 2. The third-order valence-electron chi connectivity index (χ3n) is 2.29. The summed E-state index contributed by atoms with van der Waals surface area (Å²) < 4.78 is 15.0. The molecule has 2 aromatic rings. The molecule has 0 aliphatic heterocycles. The molecule has 15 heavy (non-hydrogen) atoms. The Hall–Kier alpha value is -1.84. The van der Waals surface area contributed by atoms with Crippen molar-refractivity contribution in [3.63, 3.8) is 0 Å². The minimum Gasteiger partial charge on any atom is -0.382 e. The predicted molar refractivity (Wildman–Crippen MR) is 57.4 cm³/mol. The van der Waals surface area contributed by atoms with Crippen molar-refractivity contribution in [1.82, 2.24) is 9.78 Å². The second-order valence-electron chi connectivity index (χ2n) is 3.60. The highest BCUT2D eigenvalue weighted by Crippen LogP contribution is 2.17. The van der Waals surface area contributed by atoms with Crippen LogP contribution in [-0.4, -0.2) is 9.78 Å². The maximum atomic E-state index is 13.6. The Labute approximate surface area is 87.3 Å². The van der Waals surface area contributed by atoms with Gasteiger partial charge in [0.2, 0.25) is 0 Å². The van der Waals surface area contributed by atoms with Crippen LogP contribution in [0.1, 0.15) is 11.1 Å². The minimum absolute atomic E-state index is 0.294. The first-order chi connectivity index (χ1) is 7.08. The van der Waals surface area contributed by atoms with Crippen LogP contribution in [0.2, 0.25) is 0 Å². The van der Waals surface area contributed by atoms with Gasteiger partial charge in [-0.25, -0.2) is 9.07 Å². The summed E-state index contributed by atoms with van der Waals surface area (Å²) in [6.07, 6.45) is 1.71. The van der Waals surface area contributed by atoms with Gasteiger partial charge in [-0.2, -0.15) is 5.10 Å². The highest BCUT2D eigenvalue weighted by atomic mass is 19.1. The van der Waals surface area contributed by atoms with Gasteiger partial charge in [0.25, 0.3) is 0 Å². The van der Waals surface area contributed by atoms with Crippen LogP contribution >= 0.6 is 0 Å². The van der Waals surface area contributed by atoms with Gasteiger partial charge in [0, 0.05) is 11.8 Å². The van der Waals surface area contributed by atoms with E-state index in [4.69, 9.17) is 5.73 Å². The Bertz CT molecular complexity index is 483. The largest absolute Gasteiger partial charge is 0.382 e. The van der Waals surface area contributed by atoms with Crippen LogP contribution in [0.4, 0.5) is 10.2 Å². The topological polar surface area (TPSA) is 43.8 Å². The van der Waals surface area contributed by atoms with Gasteiger partial charge in [-0.3, -0.25) is 0 Å². The fourth-order valence-electron chi connectivity index (χ4n) is 1.39. The quantitative estimate of drug-likeness (QED) is 0.775. The molecular formula is C11H12FN3. The molecule has 1 aromatic heterocycles. The molecule has 0 fully saturated rings. The van der Waals surface area contributed by atoms with Crippen LogP contribution < -0.4 is 5.73 Å². The van der Waals surface area contributed by atoms with Gasteiger partial charge >= 0.3 is 0 Å². The van der Waals surface area contributed by atoms with Crippen molar-refractivity contribution in [3.8, 4) is 5.69 Å². The number of aromatic nitrogens is 2. The van der Waals surface area contributed by atoms with E-state index in [1.165, 1.54) is 10.7 Å². The number of benzene rings is 1. The Balaban J connectivity index is 2.54. The SMILES string of the molecule is Cc1ccc(-n2cc(C)c(N)n2)c(F)c1. The second kappa shape index (κ2) is 3.38. The first-order valence-electron chi connectivity index (χ1n) is 4.66. The zero-order valence-corrected chi connectivity index (χ0v) is 8.66. The molecule has 0 amide bonds. The fraction of sp³-hybridized carbons (Fsp3) is 0.182. The molecule has 2 N–H and O–H groups in total. The van der Waals surface area contributed by atoms with Crippen molar-refractivity contribution in [3.05, 3.63) is 41.3 Å². The zero-order valence-electron chi connectivity index (χ0n) is 8.66. The van der Waals surface area contributed by atoms with E-state index >= 15 is 0 Å². The summed E-state index contributed by atoms with van der Waals surface area (Å²) in [6, 6.07) is 5.00. The number of anilines is 1. The van der Waals surface area contributed by atoms with Crippen molar-refractivity contribution in [2.24, 2.45) is 0 Å². The molecule has 3 nitrogen and oxygen atoms in total. The van der Waals surface area contributed by atoms with Gasteiger partial charge in [-0.1, -0.05) is 6.07 Å². The monoisotopic (exact) mass is 205 g/mol. The van der Waals surface area contributed by atoms with Crippen molar-refractivity contribution in [2.75, 3.05) is 5.73 Å². The molecule has 1 heterocycles. The summed E-state index contributed by atoms with van der Waals surface area (Å²) in [7, 11) is 0. The maximum absolute atomic E-state index is 13.6. The number of nitrogen functional groups attached to an aromatic ring is 1. The number of hydrogen-bond donors (Lipinski definition) is 1. The highest BCUT2D eigenvalue weighted by molar-refractivity contribution is 5.42. The average Bonchev–Trinajstić information content (AvgIpc) is 2.46. The van der Waals surface area contributed by atoms with Gasteiger partial charge in [-0.05, 0) is 31.5 Å². The third kappa shape index (κ3) is 1.70. The van der Waals surface area contributed by atoms with E-state index in [9.17, 15) is 4.39 Å². The van der Waals surface area contributed by atoms with Crippen molar-refractivity contribution < 1.29 is 4.39 Å². The molecule has 2 rings (SSSR count). The lowest BCUT2D eigenvalue weighted by Crippen LogP contribution is -1.99. The van der Waals surface area contributed by atoms with E-state index in [0.29, 0.717) is 11.5 Å². The molecule has 0 radical (unpaired) electrons. The molecule has 78 valence electrons. The summed E-state index contributed by atoms with van der Waals surface area (Å²) in [6.45, 7) is 3.68. The molecule has 0 aliphatic rings. The smallest absolute Gasteiger partial charge is 0.149 e. The van der Waals surface area contributed by atoms with E-state index in [-0.39, 0.29) is 5.82 Å². The van der Waals surface area contributed by atoms with Crippen molar-refractivity contribution in [2.45, 2.75) is 13.8 Å². The van der Waals surface area contributed by atoms with Gasteiger partial charge < -0.3 is 5.73 Å². The molecule has 0 unspecified atom stereocenters. The maximum Gasteiger partial charge on any atom is 0.149 e. The molecule has 0 saturated carbocycles. The Morgan fingerprint density at radius 2 is 2.07 bits per heavy atom. The van der Waals surface area contributed by atoms with Crippen molar-refractivity contribution in [1.29, 1.82) is 0 Å². The van der Waals surface area contributed by atoms with E-state index in [2.05, 4.69) is 5.10 Å². The molecule has 4 heteroatoms. The number of hydrogen-bond acceptors (Lipinski definition) is 2. The first-order valence-corrected chi connectivity index (χ1v) is 4.66. The van der Waals surface area contributed by atoms with Gasteiger partial charge in [0.05, 0.1) is 0 Å². The summed E-state index contributed by atoms with van der Waals surface area (Å²) in [5, 5.41) is 4.03. The number of halogens is 1. The van der Waals surface area contributed by atoms with Crippen LogP contribution in [0, 0.1) is 19.7 Å². The molecule has 0 aliphatic carbocycles. The van der Waals surface area contributed by atoms with E-state index in [1.54, 1.807) is 12.3 Å². The third-order valence-corrected chi connectivity index (χ3v) is 2.29. The average molecular weight is 205 g/mol. The minimum atomic E-state index is -0.294. The van der Waals surface area contributed by atoms with Crippen molar-refractivity contribution >= 4 is 5.82 Å². The lowest BCUT2D eigenvalue weighted by molar-refractivity contribution is 0.610.